The first-order valence-corrected chi connectivity index (χ1v) is 6.48. The average molecular weight is 224 g/mol. The van der Waals surface area contributed by atoms with E-state index >= 15 is 0 Å². The maximum Gasteiger partial charge on any atom is 0.305 e. The molecule has 2 nitrogen and oxygen atoms in total. The van der Waals surface area contributed by atoms with Gasteiger partial charge in [-0.15, -0.1) is 0 Å². The van der Waals surface area contributed by atoms with Gasteiger partial charge in [0.1, 0.15) is 0 Å². The van der Waals surface area contributed by atoms with Gasteiger partial charge in [-0.2, -0.15) is 0 Å². The van der Waals surface area contributed by atoms with Crippen LogP contribution in [-0.2, 0) is 9.53 Å². The number of methoxy groups -OCH3 is 1. The van der Waals surface area contributed by atoms with E-state index in [2.05, 4.69) is 25.5 Å². The standard InChI is InChI=1S/C14H24O2/c1-13(2)10(6-5-7-12(15)16-4)8-11-9-14(11,13)3/h10-11H,5-9H2,1-4H3/t10-,11?,14?/m0/s1. The molecule has 0 bridgehead atoms. The third-order valence-electron chi connectivity index (χ3n) is 5.63. The van der Waals surface area contributed by atoms with Gasteiger partial charge in [0.25, 0.3) is 0 Å². The summed E-state index contributed by atoms with van der Waals surface area (Å²) in [4.78, 5) is 11.1. The van der Waals surface area contributed by atoms with Crippen LogP contribution in [0, 0.1) is 22.7 Å². The molecule has 2 aliphatic carbocycles. The van der Waals surface area contributed by atoms with E-state index in [9.17, 15) is 4.79 Å². The highest BCUT2D eigenvalue weighted by Crippen LogP contribution is 2.74. The molecule has 0 aromatic carbocycles. The van der Waals surface area contributed by atoms with Gasteiger partial charge in [0.15, 0.2) is 0 Å². The highest BCUT2D eigenvalue weighted by atomic mass is 16.5. The Kier molecular flexibility index (Phi) is 2.80. The second-order valence-corrected chi connectivity index (χ2v) is 6.44. The van der Waals surface area contributed by atoms with E-state index in [0.717, 1.165) is 18.3 Å². The Labute approximate surface area is 98.7 Å². The summed E-state index contributed by atoms with van der Waals surface area (Å²) >= 11 is 0. The summed E-state index contributed by atoms with van der Waals surface area (Å²) in [7, 11) is 1.47. The summed E-state index contributed by atoms with van der Waals surface area (Å²) in [6, 6.07) is 0. The fraction of sp³-hybridized carbons (Fsp3) is 0.929. The number of esters is 1. The quantitative estimate of drug-likeness (QED) is 0.684. The molecule has 0 spiro atoms. The molecule has 2 fully saturated rings. The van der Waals surface area contributed by atoms with Gasteiger partial charge >= 0.3 is 5.97 Å². The van der Waals surface area contributed by atoms with Crippen LogP contribution < -0.4 is 0 Å². The van der Waals surface area contributed by atoms with Crippen molar-refractivity contribution in [1.29, 1.82) is 0 Å². The summed E-state index contributed by atoms with van der Waals surface area (Å²) in [5, 5.41) is 0. The van der Waals surface area contributed by atoms with E-state index in [1.54, 1.807) is 0 Å². The molecule has 3 atom stereocenters. The van der Waals surface area contributed by atoms with E-state index in [0.29, 0.717) is 17.3 Å². The van der Waals surface area contributed by atoms with Crippen LogP contribution in [0.4, 0.5) is 0 Å². The molecule has 2 rings (SSSR count). The lowest BCUT2D eigenvalue weighted by Crippen LogP contribution is -2.28. The Morgan fingerprint density at radius 1 is 1.38 bits per heavy atom. The minimum absolute atomic E-state index is 0.0628. The number of carbonyl (C=O) groups excluding carboxylic acids is 1. The number of hydrogen-bond acceptors (Lipinski definition) is 2. The van der Waals surface area contributed by atoms with E-state index < -0.39 is 0 Å². The van der Waals surface area contributed by atoms with Crippen molar-refractivity contribution in [2.24, 2.45) is 22.7 Å². The molecule has 0 aromatic rings. The van der Waals surface area contributed by atoms with Crippen LogP contribution in [-0.4, -0.2) is 13.1 Å². The molecule has 0 saturated heterocycles. The third kappa shape index (κ3) is 1.66. The molecule has 2 saturated carbocycles. The molecule has 0 aliphatic heterocycles. The van der Waals surface area contributed by atoms with Gasteiger partial charge < -0.3 is 4.74 Å². The first-order valence-electron chi connectivity index (χ1n) is 6.48. The predicted octanol–water partition coefficient (Wildman–Crippen LogP) is 3.40. The maximum absolute atomic E-state index is 11.1. The van der Waals surface area contributed by atoms with Crippen molar-refractivity contribution in [3.05, 3.63) is 0 Å². The number of hydrogen-bond donors (Lipinski definition) is 0. The fourth-order valence-corrected chi connectivity index (χ4v) is 3.76. The van der Waals surface area contributed by atoms with Crippen LogP contribution in [0.1, 0.15) is 52.9 Å². The van der Waals surface area contributed by atoms with Crippen LogP contribution in [0.5, 0.6) is 0 Å². The van der Waals surface area contributed by atoms with Gasteiger partial charge in [0.2, 0.25) is 0 Å². The highest BCUT2D eigenvalue weighted by molar-refractivity contribution is 5.68. The van der Waals surface area contributed by atoms with Crippen LogP contribution in [0.15, 0.2) is 0 Å². The van der Waals surface area contributed by atoms with E-state index in [-0.39, 0.29) is 5.97 Å². The zero-order valence-corrected chi connectivity index (χ0v) is 11.0. The summed E-state index contributed by atoms with van der Waals surface area (Å²) in [5.74, 6) is 1.71. The molecular weight excluding hydrogens is 200 g/mol. The van der Waals surface area contributed by atoms with Gasteiger partial charge in [-0.1, -0.05) is 20.8 Å². The average Bonchev–Trinajstić information content (AvgIpc) is 2.84. The molecule has 2 heteroatoms. The normalized spacial score (nSPS) is 39.2. The third-order valence-corrected chi connectivity index (χ3v) is 5.63. The van der Waals surface area contributed by atoms with Gasteiger partial charge in [0.05, 0.1) is 7.11 Å². The largest absolute Gasteiger partial charge is 0.469 e. The molecule has 0 amide bonds. The summed E-state index contributed by atoms with van der Waals surface area (Å²) < 4.78 is 4.68. The van der Waals surface area contributed by atoms with Crippen molar-refractivity contribution in [3.63, 3.8) is 0 Å². The van der Waals surface area contributed by atoms with Crippen LogP contribution in [0.3, 0.4) is 0 Å². The fourth-order valence-electron chi connectivity index (χ4n) is 3.76. The van der Waals surface area contributed by atoms with Crippen molar-refractivity contribution in [2.45, 2.75) is 52.9 Å². The topological polar surface area (TPSA) is 26.3 Å². The molecule has 92 valence electrons. The van der Waals surface area contributed by atoms with E-state index in [1.165, 1.54) is 26.4 Å². The van der Waals surface area contributed by atoms with Gasteiger partial charge in [-0.05, 0) is 48.3 Å². The molecule has 2 aliphatic rings. The lowest BCUT2D eigenvalue weighted by Gasteiger charge is -2.35. The first kappa shape index (κ1) is 11.9. The summed E-state index contributed by atoms with van der Waals surface area (Å²) in [6.07, 6.45) is 5.57. The zero-order chi connectivity index (χ0) is 12.0. The Bertz CT molecular complexity index is 295. The molecule has 0 radical (unpaired) electrons. The molecule has 0 aromatic heterocycles. The number of carbonyl (C=O) groups is 1. The Morgan fingerprint density at radius 2 is 2.06 bits per heavy atom. The summed E-state index contributed by atoms with van der Waals surface area (Å²) in [6.45, 7) is 7.28. The van der Waals surface area contributed by atoms with E-state index in [4.69, 9.17) is 0 Å². The highest BCUT2D eigenvalue weighted by Gasteiger charge is 2.66. The lowest BCUT2D eigenvalue weighted by atomic mass is 9.70. The van der Waals surface area contributed by atoms with Crippen LogP contribution in [0.25, 0.3) is 0 Å². The van der Waals surface area contributed by atoms with Gasteiger partial charge in [0, 0.05) is 6.42 Å². The second kappa shape index (κ2) is 3.75. The molecule has 0 heterocycles. The van der Waals surface area contributed by atoms with Crippen molar-refractivity contribution < 1.29 is 9.53 Å². The Morgan fingerprint density at radius 3 is 2.56 bits per heavy atom. The SMILES string of the molecule is COC(=O)CCC[C@H]1CC2CC2(C)C1(C)C. The van der Waals surface area contributed by atoms with Gasteiger partial charge in [-0.3, -0.25) is 4.79 Å². The maximum atomic E-state index is 11.1. The zero-order valence-electron chi connectivity index (χ0n) is 11.0. The van der Waals surface area contributed by atoms with Crippen molar-refractivity contribution >= 4 is 5.97 Å². The second-order valence-electron chi connectivity index (χ2n) is 6.44. The van der Waals surface area contributed by atoms with Crippen molar-refractivity contribution in [1.82, 2.24) is 0 Å². The summed E-state index contributed by atoms with van der Waals surface area (Å²) in [5.41, 5.74) is 1.07. The molecular formula is C14H24O2. The van der Waals surface area contributed by atoms with Crippen LogP contribution in [0.2, 0.25) is 0 Å². The van der Waals surface area contributed by atoms with Crippen molar-refractivity contribution in [3.8, 4) is 0 Å². The van der Waals surface area contributed by atoms with Gasteiger partial charge in [-0.25, -0.2) is 0 Å². The molecule has 2 unspecified atom stereocenters. The minimum Gasteiger partial charge on any atom is -0.469 e. The number of ether oxygens (including phenoxy) is 1. The lowest BCUT2D eigenvalue weighted by molar-refractivity contribution is -0.140. The molecule has 16 heavy (non-hydrogen) atoms. The molecule has 0 N–H and O–H groups in total. The smallest absolute Gasteiger partial charge is 0.305 e. The Hall–Kier alpha value is -0.530. The predicted molar refractivity (Wildman–Crippen MR) is 64.0 cm³/mol. The van der Waals surface area contributed by atoms with E-state index in [1.807, 2.05) is 0 Å². The monoisotopic (exact) mass is 224 g/mol. The first-order chi connectivity index (χ1) is 7.41. The minimum atomic E-state index is -0.0628. The Balaban J connectivity index is 1.82. The van der Waals surface area contributed by atoms with Crippen molar-refractivity contribution in [2.75, 3.05) is 7.11 Å². The van der Waals surface area contributed by atoms with Crippen LogP contribution >= 0.6 is 0 Å². The number of rotatable bonds is 4. The number of fused-ring (bicyclic) bond motifs is 1.